The van der Waals surface area contributed by atoms with Gasteiger partial charge < -0.3 is 5.11 Å². The summed E-state index contributed by atoms with van der Waals surface area (Å²) in [5, 5.41) is 9.15. The van der Waals surface area contributed by atoms with Gasteiger partial charge in [-0.3, -0.25) is 0 Å². The van der Waals surface area contributed by atoms with Crippen LogP contribution in [0.25, 0.3) is 11.1 Å². The SMILES string of the molecule is C[C@H](CO)c1cccc(-c2ccccc2)c1. The number of aliphatic hydroxyl groups excluding tert-OH is 1. The summed E-state index contributed by atoms with van der Waals surface area (Å²) in [6.07, 6.45) is 0. The summed E-state index contributed by atoms with van der Waals surface area (Å²) in [4.78, 5) is 0. The Morgan fingerprint density at radius 2 is 1.62 bits per heavy atom. The van der Waals surface area contributed by atoms with Crippen molar-refractivity contribution in [3.63, 3.8) is 0 Å². The number of hydrogen-bond donors (Lipinski definition) is 1. The van der Waals surface area contributed by atoms with Crippen molar-refractivity contribution >= 4 is 0 Å². The normalized spacial score (nSPS) is 12.4. The van der Waals surface area contributed by atoms with Crippen molar-refractivity contribution in [1.82, 2.24) is 0 Å². The van der Waals surface area contributed by atoms with Crippen LogP contribution in [-0.2, 0) is 0 Å². The molecule has 1 nitrogen and oxygen atoms in total. The first kappa shape index (κ1) is 10.9. The molecule has 2 aromatic rings. The molecule has 0 saturated carbocycles. The first-order valence-electron chi connectivity index (χ1n) is 5.57. The molecule has 1 atom stereocenters. The van der Waals surface area contributed by atoms with Crippen LogP contribution in [0.2, 0.25) is 0 Å². The van der Waals surface area contributed by atoms with Crippen LogP contribution >= 0.6 is 0 Å². The number of benzene rings is 2. The Morgan fingerprint density at radius 1 is 0.938 bits per heavy atom. The second-order valence-electron chi connectivity index (χ2n) is 4.08. The Balaban J connectivity index is 2.36. The van der Waals surface area contributed by atoms with Gasteiger partial charge in [-0.2, -0.15) is 0 Å². The van der Waals surface area contributed by atoms with Crippen molar-refractivity contribution in [2.24, 2.45) is 0 Å². The van der Waals surface area contributed by atoms with E-state index in [9.17, 15) is 0 Å². The molecular formula is C15H16O. The molecule has 16 heavy (non-hydrogen) atoms. The van der Waals surface area contributed by atoms with E-state index in [0.717, 1.165) is 0 Å². The van der Waals surface area contributed by atoms with Crippen molar-refractivity contribution in [1.29, 1.82) is 0 Å². The Kier molecular flexibility index (Phi) is 3.37. The summed E-state index contributed by atoms with van der Waals surface area (Å²) < 4.78 is 0. The average Bonchev–Trinajstić information content (AvgIpc) is 2.39. The van der Waals surface area contributed by atoms with Crippen LogP contribution in [0.4, 0.5) is 0 Å². The molecular weight excluding hydrogens is 196 g/mol. The maximum absolute atomic E-state index is 9.15. The van der Waals surface area contributed by atoms with Gasteiger partial charge in [0.2, 0.25) is 0 Å². The zero-order valence-corrected chi connectivity index (χ0v) is 9.43. The lowest BCUT2D eigenvalue weighted by Crippen LogP contribution is -1.98. The highest BCUT2D eigenvalue weighted by Crippen LogP contribution is 2.23. The molecule has 0 aliphatic heterocycles. The zero-order valence-electron chi connectivity index (χ0n) is 9.43. The molecule has 2 rings (SSSR count). The lowest BCUT2D eigenvalue weighted by molar-refractivity contribution is 0.273. The molecule has 0 radical (unpaired) electrons. The Bertz CT molecular complexity index is 448. The number of rotatable bonds is 3. The lowest BCUT2D eigenvalue weighted by atomic mass is 9.97. The maximum Gasteiger partial charge on any atom is 0.0497 e. The smallest absolute Gasteiger partial charge is 0.0497 e. The Morgan fingerprint density at radius 3 is 2.31 bits per heavy atom. The largest absolute Gasteiger partial charge is 0.396 e. The van der Waals surface area contributed by atoms with Crippen molar-refractivity contribution in [2.45, 2.75) is 12.8 Å². The Hall–Kier alpha value is -1.60. The standard InChI is InChI=1S/C15H16O/c1-12(11-16)14-8-5-9-15(10-14)13-6-3-2-4-7-13/h2-10,12,16H,11H2,1H3/t12-/m1/s1. The van der Waals surface area contributed by atoms with Gasteiger partial charge in [-0.05, 0) is 16.7 Å². The van der Waals surface area contributed by atoms with Crippen LogP contribution < -0.4 is 0 Å². The summed E-state index contributed by atoms with van der Waals surface area (Å²) in [5.74, 6) is 0.198. The van der Waals surface area contributed by atoms with Crippen LogP contribution in [0.3, 0.4) is 0 Å². The van der Waals surface area contributed by atoms with Crippen molar-refractivity contribution < 1.29 is 5.11 Å². The molecule has 0 bridgehead atoms. The van der Waals surface area contributed by atoms with E-state index in [4.69, 9.17) is 5.11 Å². The summed E-state index contributed by atoms with van der Waals surface area (Å²) >= 11 is 0. The second kappa shape index (κ2) is 4.95. The van der Waals surface area contributed by atoms with Gasteiger partial charge in [0.25, 0.3) is 0 Å². The van der Waals surface area contributed by atoms with Crippen molar-refractivity contribution in [2.75, 3.05) is 6.61 Å². The van der Waals surface area contributed by atoms with E-state index in [1.54, 1.807) is 0 Å². The minimum atomic E-state index is 0.193. The predicted molar refractivity (Wildman–Crippen MR) is 67.4 cm³/mol. The van der Waals surface area contributed by atoms with Crippen LogP contribution in [0.15, 0.2) is 54.6 Å². The van der Waals surface area contributed by atoms with Gasteiger partial charge in [0, 0.05) is 12.5 Å². The molecule has 0 unspecified atom stereocenters. The summed E-state index contributed by atoms with van der Waals surface area (Å²) in [6, 6.07) is 18.7. The van der Waals surface area contributed by atoms with Crippen molar-refractivity contribution in [3.8, 4) is 11.1 Å². The van der Waals surface area contributed by atoms with Gasteiger partial charge >= 0.3 is 0 Å². The van der Waals surface area contributed by atoms with E-state index >= 15 is 0 Å². The van der Waals surface area contributed by atoms with E-state index in [2.05, 4.69) is 30.3 Å². The quantitative estimate of drug-likeness (QED) is 0.826. The third kappa shape index (κ3) is 2.31. The fourth-order valence-corrected chi connectivity index (χ4v) is 1.76. The highest BCUT2D eigenvalue weighted by atomic mass is 16.3. The molecule has 0 fully saturated rings. The van der Waals surface area contributed by atoms with E-state index in [0.29, 0.717) is 0 Å². The maximum atomic E-state index is 9.15. The minimum absolute atomic E-state index is 0.193. The van der Waals surface area contributed by atoms with E-state index in [1.165, 1.54) is 16.7 Å². The molecule has 0 saturated heterocycles. The highest BCUT2D eigenvalue weighted by molar-refractivity contribution is 5.64. The van der Waals surface area contributed by atoms with E-state index in [1.807, 2.05) is 31.2 Å². The number of aliphatic hydroxyl groups is 1. The van der Waals surface area contributed by atoms with Crippen LogP contribution in [-0.4, -0.2) is 11.7 Å². The average molecular weight is 212 g/mol. The van der Waals surface area contributed by atoms with Gasteiger partial charge in [-0.25, -0.2) is 0 Å². The van der Waals surface area contributed by atoms with Crippen LogP contribution in [0.1, 0.15) is 18.4 Å². The van der Waals surface area contributed by atoms with Gasteiger partial charge in [0.15, 0.2) is 0 Å². The van der Waals surface area contributed by atoms with Crippen LogP contribution in [0.5, 0.6) is 0 Å². The van der Waals surface area contributed by atoms with Crippen molar-refractivity contribution in [3.05, 3.63) is 60.2 Å². The Labute approximate surface area is 96.4 Å². The molecule has 0 aliphatic carbocycles. The second-order valence-corrected chi connectivity index (χ2v) is 4.08. The lowest BCUT2D eigenvalue weighted by Gasteiger charge is -2.10. The molecule has 0 aromatic heterocycles. The highest BCUT2D eigenvalue weighted by Gasteiger charge is 2.04. The molecule has 0 spiro atoms. The number of hydrogen-bond acceptors (Lipinski definition) is 1. The fraction of sp³-hybridized carbons (Fsp3) is 0.200. The van der Waals surface area contributed by atoms with E-state index in [-0.39, 0.29) is 12.5 Å². The predicted octanol–water partition coefficient (Wildman–Crippen LogP) is 3.45. The monoisotopic (exact) mass is 212 g/mol. The summed E-state index contributed by atoms with van der Waals surface area (Å²) in [5.41, 5.74) is 3.61. The summed E-state index contributed by atoms with van der Waals surface area (Å²) in [7, 11) is 0. The van der Waals surface area contributed by atoms with Gasteiger partial charge in [-0.15, -0.1) is 0 Å². The first-order chi connectivity index (χ1) is 7.81. The molecule has 82 valence electrons. The first-order valence-corrected chi connectivity index (χ1v) is 5.57. The van der Waals surface area contributed by atoms with Gasteiger partial charge in [0.1, 0.15) is 0 Å². The molecule has 0 heterocycles. The van der Waals surface area contributed by atoms with Crippen LogP contribution in [0, 0.1) is 0 Å². The summed E-state index contributed by atoms with van der Waals surface area (Å²) in [6.45, 7) is 2.22. The third-order valence-electron chi connectivity index (χ3n) is 2.84. The zero-order chi connectivity index (χ0) is 11.4. The van der Waals surface area contributed by atoms with Gasteiger partial charge in [-0.1, -0.05) is 61.5 Å². The minimum Gasteiger partial charge on any atom is -0.396 e. The topological polar surface area (TPSA) is 20.2 Å². The molecule has 0 aliphatic rings. The molecule has 1 heteroatoms. The molecule has 0 amide bonds. The fourth-order valence-electron chi connectivity index (χ4n) is 1.76. The third-order valence-corrected chi connectivity index (χ3v) is 2.84. The molecule has 1 N–H and O–H groups in total. The molecule has 2 aromatic carbocycles. The van der Waals surface area contributed by atoms with Gasteiger partial charge in [0.05, 0.1) is 0 Å². The van der Waals surface area contributed by atoms with E-state index < -0.39 is 0 Å².